The molecule has 1 aliphatic heterocycles. The average Bonchev–Trinajstić information content (AvgIpc) is 2.52. The molecule has 4 nitrogen and oxygen atoms in total. The first-order valence-corrected chi connectivity index (χ1v) is 7.59. The van der Waals surface area contributed by atoms with Crippen molar-refractivity contribution in [1.82, 2.24) is 4.90 Å². The fourth-order valence-electron chi connectivity index (χ4n) is 2.40. The quantitative estimate of drug-likeness (QED) is 0.434. The highest BCUT2D eigenvalue weighted by Crippen LogP contribution is 2.17. The number of likely N-dealkylation sites (tertiary alicyclic amines) is 1. The summed E-state index contributed by atoms with van der Waals surface area (Å²) in [7, 11) is 0. The van der Waals surface area contributed by atoms with Crippen LogP contribution in [-0.4, -0.2) is 37.0 Å². The Morgan fingerprint density at radius 1 is 1.39 bits per heavy atom. The highest BCUT2D eigenvalue weighted by atomic mass is 127. The number of hydrogen-bond acceptors (Lipinski definition) is 2. The van der Waals surface area contributed by atoms with E-state index >= 15 is 0 Å². The van der Waals surface area contributed by atoms with Gasteiger partial charge in [-0.05, 0) is 36.5 Å². The third-order valence-electron chi connectivity index (χ3n) is 3.81. The standard InChI is InChI=1S/C16H23F2N3O.HI/c1-12-5-7-21(8-6-12)16(19)20-10-13-3-2-4-14(9-13)22-11-15(17)18;/h2-4,9,12,15H,5-8,10-11H2,1H3,(H2,19,20);1H. The number of aliphatic imine (C=N–C) groups is 1. The number of ether oxygens (including phenoxy) is 1. The lowest BCUT2D eigenvalue weighted by Crippen LogP contribution is -2.42. The molecule has 7 heteroatoms. The smallest absolute Gasteiger partial charge is 0.272 e. The van der Waals surface area contributed by atoms with Crippen LogP contribution in [-0.2, 0) is 6.54 Å². The molecule has 1 fully saturated rings. The topological polar surface area (TPSA) is 50.8 Å². The van der Waals surface area contributed by atoms with Crippen LogP contribution in [0.15, 0.2) is 29.3 Å². The van der Waals surface area contributed by atoms with Crippen molar-refractivity contribution >= 4 is 29.9 Å². The number of halogens is 3. The lowest BCUT2D eigenvalue weighted by Gasteiger charge is -2.31. The summed E-state index contributed by atoms with van der Waals surface area (Å²) in [6.45, 7) is 3.95. The SMILES string of the molecule is CC1CCN(C(N)=NCc2cccc(OCC(F)F)c2)CC1.I. The van der Waals surface area contributed by atoms with Gasteiger partial charge in [0.15, 0.2) is 5.96 Å². The summed E-state index contributed by atoms with van der Waals surface area (Å²) in [6.07, 6.45) is -0.209. The number of guanidine groups is 1. The molecule has 1 aromatic rings. The van der Waals surface area contributed by atoms with Gasteiger partial charge in [0.05, 0.1) is 6.54 Å². The van der Waals surface area contributed by atoms with E-state index in [4.69, 9.17) is 10.5 Å². The van der Waals surface area contributed by atoms with Crippen molar-refractivity contribution in [2.24, 2.45) is 16.6 Å². The predicted octanol–water partition coefficient (Wildman–Crippen LogP) is 3.50. The van der Waals surface area contributed by atoms with Crippen molar-refractivity contribution in [3.63, 3.8) is 0 Å². The Balaban J connectivity index is 0.00000264. The summed E-state index contributed by atoms with van der Waals surface area (Å²) < 4.78 is 29.3. The van der Waals surface area contributed by atoms with Crippen LogP contribution >= 0.6 is 24.0 Å². The van der Waals surface area contributed by atoms with E-state index in [1.807, 2.05) is 6.07 Å². The summed E-state index contributed by atoms with van der Waals surface area (Å²) in [5.74, 6) is 1.72. The molecule has 1 aromatic carbocycles. The van der Waals surface area contributed by atoms with Gasteiger partial charge in [0.1, 0.15) is 12.4 Å². The second-order valence-corrected chi connectivity index (χ2v) is 5.69. The molecule has 0 bridgehead atoms. The number of hydrogen-bond donors (Lipinski definition) is 1. The zero-order valence-electron chi connectivity index (χ0n) is 13.3. The normalized spacial score (nSPS) is 16.3. The van der Waals surface area contributed by atoms with E-state index in [1.165, 1.54) is 0 Å². The summed E-state index contributed by atoms with van der Waals surface area (Å²) >= 11 is 0. The van der Waals surface area contributed by atoms with Gasteiger partial charge in [-0.1, -0.05) is 19.1 Å². The minimum Gasteiger partial charge on any atom is -0.488 e. The van der Waals surface area contributed by atoms with Crippen LogP contribution < -0.4 is 10.5 Å². The molecule has 0 atom stereocenters. The molecule has 23 heavy (non-hydrogen) atoms. The maximum Gasteiger partial charge on any atom is 0.272 e. The second kappa shape index (κ2) is 9.89. The summed E-state index contributed by atoms with van der Waals surface area (Å²) in [5.41, 5.74) is 6.91. The van der Waals surface area contributed by atoms with Crippen molar-refractivity contribution in [2.75, 3.05) is 19.7 Å². The van der Waals surface area contributed by atoms with Gasteiger partial charge in [0, 0.05) is 13.1 Å². The molecule has 1 aliphatic rings. The lowest BCUT2D eigenvalue weighted by atomic mass is 10.00. The molecule has 1 saturated heterocycles. The molecular formula is C16H24F2IN3O. The molecular weight excluding hydrogens is 415 g/mol. The first-order chi connectivity index (χ1) is 10.5. The Labute approximate surface area is 153 Å². The number of nitrogens with zero attached hydrogens (tertiary/aromatic N) is 2. The average molecular weight is 439 g/mol. The van der Waals surface area contributed by atoms with Crippen molar-refractivity contribution < 1.29 is 13.5 Å². The van der Waals surface area contributed by atoms with Crippen molar-refractivity contribution in [3.05, 3.63) is 29.8 Å². The van der Waals surface area contributed by atoms with E-state index in [2.05, 4.69) is 16.8 Å². The van der Waals surface area contributed by atoms with E-state index in [1.54, 1.807) is 18.2 Å². The zero-order chi connectivity index (χ0) is 15.9. The van der Waals surface area contributed by atoms with Gasteiger partial charge in [0.25, 0.3) is 6.43 Å². The summed E-state index contributed by atoms with van der Waals surface area (Å²) in [4.78, 5) is 6.49. The van der Waals surface area contributed by atoms with Crippen LogP contribution in [0, 0.1) is 5.92 Å². The Hall–Kier alpha value is -1.12. The lowest BCUT2D eigenvalue weighted by molar-refractivity contribution is 0.0818. The largest absolute Gasteiger partial charge is 0.488 e. The second-order valence-electron chi connectivity index (χ2n) is 5.69. The van der Waals surface area contributed by atoms with Crippen molar-refractivity contribution in [1.29, 1.82) is 0 Å². The summed E-state index contributed by atoms with van der Waals surface area (Å²) in [6, 6.07) is 7.02. The van der Waals surface area contributed by atoms with Crippen molar-refractivity contribution in [2.45, 2.75) is 32.7 Å². The van der Waals surface area contributed by atoms with Gasteiger partial charge < -0.3 is 15.4 Å². The first-order valence-electron chi connectivity index (χ1n) is 7.59. The van der Waals surface area contributed by atoms with E-state index in [0.29, 0.717) is 18.3 Å². The zero-order valence-corrected chi connectivity index (χ0v) is 15.6. The molecule has 2 N–H and O–H groups in total. The van der Waals surface area contributed by atoms with Gasteiger partial charge in [0.2, 0.25) is 0 Å². The van der Waals surface area contributed by atoms with Crippen LogP contribution in [0.5, 0.6) is 5.75 Å². The summed E-state index contributed by atoms with van der Waals surface area (Å²) in [5, 5.41) is 0. The number of alkyl halides is 2. The maximum absolute atomic E-state index is 12.1. The molecule has 130 valence electrons. The fourth-order valence-corrected chi connectivity index (χ4v) is 2.40. The Morgan fingerprint density at radius 3 is 2.74 bits per heavy atom. The Kier molecular flexibility index (Phi) is 8.57. The molecule has 0 unspecified atom stereocenters. The number of rotatable bonds is 5. The molecule has 0 saturated carbocycles. The molecule has 0 aliphatic carbocycles. The van der Waals surface area contributed by atoms with Gasteiger partial charge >= 0.3 is 0 Å². The van der Waals surface area contributed by atoms with E-state index in [9.17, 15) is 8.78 Å². The minimum atomic E-state index is -2.47. The van der Waals surface area contributed by atoms with Gasteiger partial charge in [-0.25, -0.2) is 13.8 Å². The number of piperidine rings is 1. The van der Waals surface area contributed by atoms with Crippen LogP contribution in [0.2, 0.25) is 0 Å². The molecule has 0 amide bonds. The maximum atomic E-state index is 12.1. The van der Waals surface area contributed by atoms with E-state index in [0.717, 1.165) is 37.4 Å². The van der Waals surface area contributed by atoms with Gasteiger partial charge in [-0.3, -0.25) is 0 Å². The van der Waals surface area contributed by atoms with Crippen LogP contribution in [0.4, 0.5) is 8.78 Å². The molecule has 0 radical (unpaired) electrons. The number of nitrogens with two attached hydrogens (primary N) is 1. The molecule has 2 rings (SSSR count). The highest BCUT2D eigenvalue weighted by molar-refractivity contribution is 14.0. The predicted molar refractivity (Wildman–Crippen MR) is 98.7 cm³/mol. The Bertz CT molecular complexity index is 506. The van der Waals surface area contributed by atoms with Crippen LogP contribution in [0.1, 0.15) is 25.3 Å². The molecule has 0 spiro atoms. The van der Waals surface area contributed by atoms with Crippen molar-refractivity contribution in [3.8, 4) is 5.75 Å². The van der Waals surface area contributed by atoms with Gasteiger partial charge in [-0.15, -0.1) is 24.0 Å². The first kappa shape index (κ1) is 19.9. The van der Waals surface area contributed by atoms with Gasteiger partial charge in [-0.2, -0.15) is 0 Å². The Morgan fingerprint density at radius 2 is 2.09 bits per heavy atom. The fraction of sp³-hybridized carbons (Fsp3) is 0.562. The third kappa shape index (κ3) is 6.88. The van der Waals surface area contributed by atoms with E-state index in [-0.39, 0.29) is 24.0 Å². The minimum absolute atomic E-state index is 0. The molecule has 1 heterocycles. The van der Waals surface area contributed by atoms with E-state index < -0.39 is 13.0 Å². The van der Waals surface area contributed by atoms with Crippen LogP contribution in [0.25, 0.3) is 0 Å². The molecule has 0 aromatic heterocycles. The number of benzene rings is 1. The third-order valence-corrected chi connectivity index (χ3v) is 3.81. The highest BCUT2D eigenvalue weighted by Gasteiger charge is 2.16. The monoisotopic (exact) mass is 439 g/mol. The van der Waals surface area contributed by atoms with Crippen LogP contribution in [0.3, 0.4) is 0 Å².